The van der Waals surface area contributed by atoms with Crippen LogP contribution in [0.1, 0.15) is 17.5 Å². The lowest BCUT2D eigenvalue weighted by atomic mass is 9.92. The Balaban J connectivity index is 1.38. The normalized spacial score (nSPS) is 21.1. The maximum Gasteiger partial charge on any atom is 0.278 e. The maximum absolute atomic E-state index is 12.8. The van der Waals surface area contributed by atoms with Gasteiger partial charge in [0.1, 0.15) is 17.7 Å². The van der Waals surface area contributed by atoms with Crippen molar-refractivity contribution >= 4 is 16.8 Å². The van der Waals surface area contributed by atoms with Gasteiger partial charge in [0.05, 0.1) is 18.5 Å². The molecule has 1 aromatic heterocycles. The zero-order valence-electron chi connectivity index (χ0n) is 14.7. The van der Waals surface area contributed by atoms with Crippen LogP contribution in [0.2, 0.25) is 0 Å². The van der Waals surface area contributed by atoms with Gasteiger partial charge in [-0.1, -0.05) is 41.6 Å². The molecule has 1 spiro atoms. The highest BCUT2D eigenvalue weighted by Crippen LogP contribution is 2.43. The lowest BCUT2D eigenvalue weighted by molar-refractivity contribution is -0.132. The van der Waals surface area contributed by atoms with E-state index in [0.29, 0.717) is 30.6 Å². The van der Waals surface area contributed by atoms with Crippen molar-refractivity contribution in [3.05, 3.63) is 70.0 Å². The minimum Gasteiger partial charge on any atom is -0.364 e. The third kappa shape index (κ3) is 2.54. The van der Waals surface area contributed by atoms with E-state index in [-0.39, 0.29) is 18.0 Å². The summed E-state index contributed by atoms with van der Waals surface area (Å²) < 4.78 is 7.23. The lowest BCUT2D eigenvalue weighted by Crippen LogP contribution is -2.38. The molecule has 3 heterocycles. The topological polar surface area (TPSA) is 77.3 Å². The van der Waals surface area contributed by atoms with E-state index < -0.39 is 5.60 Å². The minimum absolute atomic E-state index is 0.117. The van der Waals surface area contributed by atoms with E-state index in [1.54, 1.807) is 29.2 Å². The van der Waals surface area contributed by atoms with Gasteiger partial charge in [-0.25, -0.2) is 4.68 Å². The molecule has 1 saturated heterocycles. The van der Waals surface area contributed by atoms with Crippen LogP contribution in [-0.2, 0) is 28.3 Å². The number of rotatable bonds is 2. The Morgan fingerprint density at radius 2 is 1.96 bits per heavy atom. The molecule has 136 valence electrons. The molecule has 7 heteroatoms. The van der Waals surface area contributed by atoms with Crippen molar-refractivity contribution in [2.75, 3.05) is 13.1 Å². The molecule has 3 aromatic rings. The Morgan fingerprint density at radius 3 is 2.89 bits per heavy atom. The number of carbonyl (C=O) groups excluding carboxylic acids is 1. The largest absolute Gasteiger partial charge is 0.364 e. The summed E-state index contributed by atoms with van der Waals surface area (Å²) in [5.74, 6) is -0.147. The van der Waals surface area contributed by atoms with E-state index in [0.717, 1.165) is 11.1 Å². The fraction of sp³-hybridized carbons (Fsp3) is 0.300. The molecule has 0 N–H and O–H groups in total. The smallest absolute Gasteiger partial charge is 0.278 e. The van der Waals surface area contributed by atoms with E-state index in [4.69, 9.17) is 4.74 Å². The number of ether oxygens (including phenoxy) is 1. The lowest BCUT2D eigenvalue weighted by Gasteiger charge is -2.24. The second-order valence-corrected chi connectivity index (χ2v) is 7.07. The van der Waals surface area contributed by atoms with Crippen LogP contribution in [0.5, 0.6) is 0 Å². The van der Waals surface area contributed by atoms with Gasteiger partial charge in [-0.2, -0.15) is 0 Å². The SMILES string of the molecule is O=C(Cn1nnc2ccccc2c1=O)N1CCC2(C1)OCc1ccccc12. The number of nitrogens with zero attached hydrogens (tertiary/aromatic N) is 4. The van der Waals surface area contributed by atoms with Gasteiger partial charge in [-0.05, 0) is 29.7 Å². The number of benzene rings is 2. The fourth-order valence-electron chi connectivity index (χ4n) is 4.07. The van der Waals surface area contributed by atoms with Crippen molar-refractivity contribution in [3.63, 3.8) is 0 Å². The van der Waals surface area contributed by atoms with Crippen LogP contribution in [0, 0.1) is 0 Å². The minimum atomic E-state index is -0.424. The van der Waals surface area contributed by atoms with Gasteiger partial charge in [0.2, 0.25) is 5.91 Å². The highest BCUT2D eigenvalue weighted by molar-refractivity contribution is 5.78. The molecule has 2 aliphatic rings. The molecule has 1 amide bonds. The Bertz CT molecular complexity index is 1110. The first-order valence-electron chi connectivity index (χ1n) is 8.99. The molecule has 0 bridgehead atoms. The first kappa shape index (κ1) is 16.1. The first-order valence-corrected chi connectivity index (χ1v) is 8.99. The van der Waals surface area contributed by atoms with E-state index in [9.17, 15) is 9.59 Å². The van der Waals surface area contributed by atoms with Crippen molar-refractivity contribution < 1.29 is 9.53 Å². The van der Waals surface area contributed by atoms with Crippen LogP contribution >= 0.6 is 0 Å². The second-order valence-electron chi connectivity index (χ2n) is 7.07. The zero-order chi connectivity index (χ0) is 18.4. The zero-order valence-corrected chi connectivity index (χ0v) is 14.7. The number of aromatic nitrogens is 3. The maximum atomic E-state index is 12.8. The highest BCUT2D eigenvalue weighted by Gasteiger charge is 2.46. The molecular formula is C20H18N4O3. The van der Waals surface area contributed by atoms with E-state index in [2.05, 4.69) is 22.4 Å². The quantitative estimate of drug-likeness (QED) is 0.690. The van der Waals surface area contributed by atoms with Crippen molar-refractivity contribution in [1.82, 2.24) is 19.9 Å². The standard InChI is InChI=1S/C20H18N4O3/c25-18(11-24-19(26)15-6-2-4-8-17(15)21-22-24)23-10-9-20(13-23)16-7-3-1-5-14(16)12-27-20/h1-8H,9-13H2. The van der Waals surface area contributed by atoms with Crippen molar-refractivity contribution in [1.29, 1.82) is 0 Å². The summed E-state index contributed by atoms with van der Waals surface area (Å²) in [6, 6.07) is 15.2. The van der Waals surface area contributed by atoms with Gasteiger partial charge in [0, 0.05) is 6.54 Å². The summed E-state index contributed by atoms with van der Waals surface area (Å²) in [6.07, 6.45) is 0.758. The molecule has 1 atom stereocenters. The summed E-state index contributed by atoms with van der Waals surface area (Å²) >= 11 is 0. The molecule has 1 unspecified atom stereocenters. The third-order valence-corrected chi connectivity index (χ3v) is 5.51. The summed E-state index contributed by atoms with van der Waals surface area (Å²) in [7, 11) is 0. The third-order valence-electron chi connectivity index (χ3n) is 5.51. The van der Waals surface area contributed by atoms with Crippen LogP contribution in [0.3, 0.4) is 0 Å². The van der Waals surface area contributed by atoms with Crippen molar-refractivity contribution in [2.24, 2.45) is 0 Å². The number of likely N-dealkylation sites (tertiary alicyclic amines) is 1. The Labute approximate surface area is 155 Å². The number of amides is 1. The van der Waals surface area contributed by atoms with Gasteiger partial charge in [-0.15, -0.1) is 5.10 Å². The summed E-state index contributed by atoms with van der Waals surface area (Å²) in [5, 5.41) is 8.42. The van der Waals surface area contributed by atoms with Gasteiger partial charge in [0.15, 0.2) is 0 Å². The molecule has 5 rings (SSSR count). The van der Waals surface area contributed by atoms with Gasteiger partial charge >= 0.3 is 0 Å². The number of hydrogen-bond acceptors (Lipinski definition) is 5. The van der Waals surface area contributed by atoms with E-state index >= 15 is 0 Å². The molecule has 7 nitrogen and oxygen atoms in total. The number of hydrogen-bond donors (Lipinski definition) is 0. The second kappa shape index (κ2) is 5.99. The Morgan fingerprint density at radius 1 is 1.15 bits per heavy atom. The molecule has 2 aromatic carbocycles. The Kier molecular flexibility index (Phi) is 3.58. The first-order chi connectivity index (χ1) is 13.2. The monoisotopic (exact) mass is 362 g/mol. The van der Waals surface area contributed by atoms with E-state index in [1.165, 1.54) is 11.1 Å². The average Bonchev–Trinajstić information content (AvgIpc) is 3.30. The number of fused-ring (bicyclic) bond motifs is 3. The molecule has 1 fully saturated rings. The average molecular weight is 362 g/mol. The summed E-state index contributed by atoms with van der Waals surface area (Å²) in [4.78, 5) is 27.1. The summed E-state index contributed by atoms with van der Waals surface area (Å²) in [5.41, 5.74) is 2.16. The molecule has 0 saturated carbocycles. The van der Waals surface area contributed by atoms with E-state index in [1.807, 2.05) is 12.1 Å². The predicted molar refractivity (Wildman–Crippen MR) is 97.9 cm³/mol. The van der Waals surface area contributed by atoms with Gasteiger partial charge in [-0.3, -0.25) is 9.59 Å². The van der Waals surface area contributed by atoms with Crippen LogP contribution in [-0.4, -0.2) is 38.9 Å². The fourth-order valence-corrected chi connectivity index (χ4v) is 4.07. The van der Waals surface area contributed by atoms with Crippen LogP contribution in [0.4, 0.5) is 0 Å². The van der Waals surface area contributed by atoms with Crippen molar-refractivity contribution in [2.45, 2.75) is 25.2 Å². The Hall–Kier alpha value is -3.06. The molecule has 0 radical (unpaired) electrons. The summed E-state index contributed by atoms with van der Waals surface area (Å²) in [6.45, 7) is 1.56. The van der Waals surface area contributed by atoms with Crippen LogP contribution in [0.15, 0.2) is 53.3 Å². The predicted octanol–water partition coefficient (Wildman–Crippen LogP) is 1.45. The van der Waals surface area contributed by atoms with Crippen LogP contribution < -0.4 is 5.56 Å². The van der Waals surface area contributed by atoms with Gasteiger partial charge < -0.3 is 9.64 Å². The molecular weight excluding hydrogens is 344 g/mol. The van der Waals surface area contributed by atoms with Crippen LogP contribution in [0.25, 0.3) is 10.9 Å². The number of carbonyl (C=O) groups is 1. The van der Waals surface area contributed by atoms with Gasteiger partial charge in [0.25, 0.3) is 5.56 Å². The molecule has 0 aliphatic carbocycles. The highest BCUT2D eigenvalue weighted by atomic mass is 16.5. The van der Waals surface area contributed by atoms with Crippen molar-refractivity contribution in [3.8, 4) is 0 Å². The molecule has 27 heavy (non-hydrogen) atoms. The molecule has 2 aliphatic heterocycles.